The van der Waals surface area contributed by atoms with E-state index in [1.807, 2.05) is 0 Å². The Morgan fingerprint density at radius 2 is 1.54 bits per heavy atom. The molecule has 0 unspecified atom stereocenters. The second-order valence-corrected chi connectivity index (χ2v) is 6.18. The number of nitro benzene ring substituents is 1. The molecule has 0 saturated carbocycles. The average molecular weight is 376 g/mol. The fraction of sp³-hybridized carbons (Fsp3) is 0. The van der Waals surface area contributed by atoms with Crippen LogP contribution < -0.4 is 5.32 Å². The van der Waals surface area contributed by atoms with Crippen LogP contribution in [0.4, 0.5) is 17.1 Å². The van der Waals surface area contributed by atoms with Gasteiger partial charge in [-0.2, -0.15) is 0 Å². The van der Waals surface area contributed by atoms with Gasteiger partial charge in [0.1, 0.15) is 17.1 Å². The normalized spacial score (nSPS) is 12.3. The average Bonchev–Trinajstić information content (AvgIpc) is 2.67. The molecule has 138 valence electrons. The third kappa shape index (κ3) is 2.55. The largest absolute Gasteiger partial charge is 0.508 e. The first-order valence-electron chi connectivity index (χ1n) is 8.17. The zero-order valence-electron chi connectivity index (χ0n) is 14.2. The van der Waals surface area contributed by atoms with E-state index in [9.17, 15) is 29.9 Å². The first-order chi connectivity index (χ1) is 13.4. The van der Waals surface area contributed by atoms with E-state index in [1.165, 1.54) is 12.1 Å². The fourth-order valence-corrected chi connectivity index (χ4v) is 3.25. The summed E-state index contributed by atoms with van der Waals surface area (Å²) in [5, 5.41) is 34.3. The minimum absolute atomic E-state index is 0.0127. The molecule has 0 saturated heterocycles. The molecule has 3 aromatic rings. The van der Waals surface area contributed by atoms with E-state index < -0.39 is 27.9 Å². The Bertz CT molecular complexity index is 1170. The number of para-hydroxylation sites is 1. The summed E-state index contributed by atoms with van der Waals surface area (Å²) in [6.45, 7) is 0. The van der Waals surface area contributed by atoms with Crippen molar-refractivity contribution >= 4 is 28.6 Å². The van der Waals surface area contributed by atoms with E-state index in [4.69, 9.17) is 0 Å². The minimum atomic E-state index is -0.821. The van der Waals surface area contributed by atoms with Gasteiger partial charge in [0.2, 0.25) is 5.78 Å². The molecular weight excluding hydrogens is 364 g/mol. The van der Waals surface area contributed by atoms with Crippen LogP contribution in [0.2, 0.25) is 0 Å². The summed E-state index contributed by atoms with van der Waals surface area (Å²) in [4.78, 5) is 36.6. The highest BCUT2D eigenvalue weighted by Gasteiger charge is 2.38. The summed E-state index contributed by atoms with van der Waals surface area (Å²) < 4.78 is 0. The van der Waals surface area contributed by atoms with E-state index in [2.05, 4.69) is 5.32 Å². The molecular formula is C20H12N2O6. The number of carbonyl (C=O) groups is 2. The number of rotatable bonds is 3. The summed E-state index contributed by atoms with van der Waals surface area (Å²) in [5.41, 5.74) is -0.909. The standard InChI is InChI=1S/C20H12N2O6/c23-11-8-13-16(14(9-11)22(27)28)19(25)12-6-7-15(24)18(17(12)20(13)26)21-10-4-2-1-3-5-10/h1-9,21,23-24H. The molecule has 0 spiro atoms. The predicted molar refractivity (Wildman–Crippen MR) is 99.5 cm³/mol. The Labute approximate surface area is 157 Å². The lowest BCUT2D eigenvalue weighted by Gasteiger charge is -2.21. The first kappa shape index (κ1) is 17.2. The van der Waals surface area contributed by atoms with Crippen LogP contribution in [0.1, 0.15) is 31.8 Å². The molecule has 0 fully saturated rings. The third-order valence-corrected chi connectivity index (χ3v) is 4.47. The lowest BCUT2D eigenvalue weighted by Crippen LogP contribution is -2.23. The van der Waals surface area contributed by atoms with Crippen LogP contribution in [0.25, 0.3) is 0 Å². The number of nitro groups is 1. The number of phenols is 2. The molecule has 28 heavy (non-hydrogen) atoms. The second-order valence-electron chi connectivity index (χ2n) is 6.18. The van der Waals surface area contributed by atoms with Crippen molar-refractivity contribution in [2.75, 3.05) is 5.32 Å². The molecule has 8 nitrogen and oxygen atoms in total. The smallest absolute Gasteiger partial charge is 0.285 e. The van der Waals surface area contributed by atoms with Gasteiger partial charge in [-0.1, -0.05) is 18.2 Å². The van der Waals surface area contributed by atoms with Crippen molar-refractivity contribution in [3.05, 3.63) is 87.0 Å². The van der Waals surface area contributed by atoms with Gasteiger partial charge in [0, 0.05) is 16.8 Å². The predicted octanol–water partition coefficient (Wildman–Crippen LogP) is 3.53. The van der Waals surface area contributed by atoms with Gasteiger partial charge in [0.25, 0.3) is 5.69 Å². The number of ketones is 2. The van der Waals surface area contributed by atoms with Crippen LogP contribution in [0.15, 0.2) is 54.6 Å². The van der Waals surface area contributed by atoms with Gasteiger partial charge in [-0.3, -0.25) is 19.7 Å². The van der Waals surface area contributed by atoms with E-state index in [0.717, 1.165) is 12.1 Å². The molecule has 0 heterocycles. The number of fused-ring (bicyclic) bond motifs is 2. The Morgan fingerprint density at radius 1 is 0.857 bits per heavy atom. The van der Waals surface area contributed by atoms with Gasteiger partial charge < -0.3 is 15.5 Å². The molecule has 4 rings (SSSR count). The number of aromatic hydroxyl groups is 2. The van der Waals surface area contributed by atoms with Crippen molar-refractivity contribution in [3.63, 3.8) is 0 Å². The lowest BCUT2D eigenvalue weighted by molar-refractivity contribution is -0.385. The van der Waals surface area contributed by atoms with Crippen molar-refractivity contribution in [2.45, 2.75) is 0 Å². The Kier molecular flexibility index (Phi) is 3.82. The van der Waals surface area contributed by atoms with E-state index in [1.54, 1.807) is 30.3 Å². The van der Waals surface area contributed by atoms with E-state index in [-0.39, 0.29) is 33.7 Å². The first-order valence-corrected chi connectivity index (χ1v) is 8.17. The lowest BCUT2D eigenvalue weighted by atomic mass is 9.82. The molecule has 0 bridgehead atoms. The Balaban J connectivity index is 1.96. The SMILES string of the molecule is O=C1c2ccc(O)c(Nc3ccccc3)c2C(=O)c2cc(O)cc([N+](=O)[O-])c21. The molecule has 1 aliphatic rings. The quantitative estimate of drug-likeness (QED) is 0.283. The van der Waals surface area contributed by atoms with Crippen molar-refractivity contribution in [1.82, 2.24) is 0 Å². The second kappa shape index (κ2) is 6.20. The minimum Gasteiger partial charge on any atom is -0.508 e. The highest BCUT2D eigenvalue weighted by Crippen LogP contribution is 2.42. The fourth-order valence-electron chi connectivity index (χ4n) is 3.25. The summed E-state index contributed by atoms with van der Waals surface area (Å²) in [5.74, 6) is -2.21. The number of phenolic OH excluding ortho intramolecular Hbond substituents is 2. The summed E-state index contributed by atoms with van der Waals surface area (Å²) in [7, 11) is 0. The van der Waals surface area contributed by atoms with Crippen LogP contribution in [-0.2, 0) is 0 Å². The van der Waals surface area contributed by atoms with Crippen LogP contribution in [-0.4, -0.2) is 26.7 Å². The molecule has 0 amide bonds. The highest BCUT2D eigenvalue weighted by atomic mass is 16.6. The number of hydrogen-bond donors (Lipinski definition) is 3. The number of benzene rings is 3. The number of nitrogens with zero attached hydrogens (tertiary/aromatic N) is 1. The molecule has 0 radical (unpaired) electrons. The van der Waals surface area contributed by atoms with Crippen LogP contribution in [0.3, 0.4) is 0 Å². The Hall–Kier alpha value is -4.20. The summed E-state index contributed by atoms with van der Waals surface area (Å²) in [6.07, 6.45) is 0. The van der Waals surface area contributed by atoms with E-state index >= 15 is 0 Å². The highest BCUT2D eigenvalue weighted by molar-refractivity contribution is 6.32. The van der Waals surface area contributed by atoms with Gasteiger partial charge in [0.15, 0.2) is 5.78 Å². The number of anilines is 2. The number of carbonyl (C=O) groups excluding carboxylic acids is 2. The molecule has 0 aliphatic heterocycles. The van der Waals surface area contributed by atoms with Crippen molar-refractivity contribution in [2.24, 2.45) is 0 Å². The van der Waals surface area contributed by atoms with Crippen LogP contribution in [0.5, 0.6) is 11.5 Å². The maximum atomic E-state index is 13.1. The molecule has 1 aliphatic carbocycles. The van der Waals surface area contributed by atoms with Crippen molar-refractivity contribution < 1.29 is 24.7 Å². The zero-order valence-corrected chi connectivity index (χ0v) is 14.2. The number of nitrogens with one attached hydrogen (secondary N) is 1. The topological polar surface area (TPSA) is 130 Å². The molecule has 8 heteroatoms. The van der Waals surface area contributed by atoms with E-state index in [0.29, 0.717) is 5.69 Å². The summed E-state index contributed by atoms with van der Waals surface area (Å²) in [6, 6.07) is 13.0. The van der Waals surface area contributed by atoms with Gasteiger partial charge in [0.05, 0.1) is 22.2 Å². The molecule has 0 atom stereocenters. The van der Waals surface area contributed by atoms with Gasteiger partial charge >= 0.3 is 0 Å². The van der Waals surface area contributed by atoms with Crippen molar-refractivity contribution in [1.29, 1.82) is 0 Å². The maximum Gasteiger partial charge on any atom is 0.285 e. The molecule has 3 aromatic carbocycles. The monoisotopic (exact) mass is 376 g/mol. The van der Waals surface area contributed by atoms with Crippen molar-refractivity contribution in [3.8, 4) is 11.5 Å². The number of hydrogen-bond acceptors (Lipinski definition) is 7. The third-order valence-electron chi connectivity index (χ3n) is 4.47. The van der Waals surface area contributed by atoms with Gasteiger partial charge in [-0.15, -0.1) is 0 Å². The maximum absolute atomic E-state index is 13.1. The van der Waals surface area contributed by atoms with Crippen LogP contribution >= 0.6 is 0 Å². The zero-order chi connectivity index (χ0) is 20.0. The van der Waals surface area contributed by atoms with Gasteiger partial charge in [-0.05, 0) is 30.3 Å². The molecule has 3 N–H and O–H groups in total. The van der Waals surface area contributed by atoms with Crippen LogP contribution in [0, 0.1) is 10.1 Å². The summed E-state index contributed by atoms with van der Waals surface area (Å²) >= 11 is 0. The Morgan fingerprint density at radius 3 is 2.21 bits per heavy atom. The van der Waals surface area contributed by atoms with Gasteiger partial charge in [-0.25, -0.2) is 0 Å². The molecule has 0 aromatic heterocycles.